The summed E-state index contributed by atoms with van der Waals surface area (Å²) in [6.07, 6.45) is 19.3. The molecule has 0 spiro atoms. The highest BCUT2D eigenvalue weighted by molar-refractivity contribution is 7.99. The molecule has 0 atom stereocenters. The molecule has 97 heavy (non-hydrogen) atoms. The maximum Gasteiger partial charge on any atom is 0.330 e. The average Bonchev–Trinajstić information content (AvgIpc) is 0.768. The number of carbonyl (C=O) groups is 7. The van der Waals surface area contributed by atoms with Gasteiger partial charge in [0.2, 0.25) is 0 Å². The predicted molar refractivity (Wildman–Crippen MR) is 370 cm³/mol. The highest BCUT2D eigenvalue weighted by Gasteiger charge is 2.34. The third kappa shape index (κ3) is 25.2. The van der Waals surface area contributed by atoms with E-state index in [2.05, 4.69) is 19.7 Å². The molecule has 2 fully saturated rings. The van der Waals surface area contributed by atoms with Gasteiger partial charge in [-0.25, -0.2) is 19.4 Å². The van der Waals surface area contributed by atoms with Gasteiger partial charge in [-0.15, -0.1) is 0 Å². The van der Waals surface area contributed by atoms with Crippen molar-refractivity contribution in [1.82, 2.24) is 4.98 Å². The molecule has 0 saturated heterocycles. The Kier molecular flexibility index (Phi) is 30.9. The van der Waals surface area contributed by atoms with Gasteiger partial charge >= 0.3 is 41.8 Å². The number of benzene rings is 5. The molecular formula is C78H91NO17S. The van der Waals surface area contributed by atoms with Gasteiger partial charge in [0.15, 0.2) is 0 Å². The molecule has 8 rings (SSSR count). The fourth-order valence-corrected chi connectivity index (χ4v) is 12.5. The van der Waals surface area contributed by atoms with Crippen LogP contribution in [0, 0.1) is 23.7 Å². The molecular weight excluding hydrogens is 1250 g/mol. The van der Waals surface area contributed by atoms with Crippen molar-refractivity contribution in [3.8, 4) is 28.7 Å². The van der Waals surface area contributed by atoms with Crippen LogP contribution >= 0.6 is 11.8 Å². The highest BCUT2D eigenvalue weighted by atomic mass is 32.2. The molecule has 2 aliphatic carbocycles. The molecule has 1 heterocycles. The van der Waals surface area contributed by atoms with Crippen LogP contribution in [-0.4, -0.2) is 99.6 Å². The first-order valence-corrected chi connectivity index (χ1v) is 35.0. The lowest BCUT2D eigenvalue weighted by Crippen LogP contribution is -2.29. The Morgan fingerprint density at radius 1 is 0.361 bits per heavy atom. The Morgan fingerprint density at radius 3 is 1.09 bits per heavy atom. The van der Waals surface area contributed by atoms with E-state index in [1.54, 1.807) is 18.2 Å². The summed E-state index contributed by atoms with van der Waals surface area (Å²) in [7, 11) is 0. The topological polar surface area (TPSA) is 225 Å². The number of hydrogen-bond acceptors (Lipinski definition) is 19. The smallest absolute Gasteiger partial charge is 0.330 e. The second-order valence-electron chi connectivity index (χ2n) is 24.3. The second-order valence-corrected chi connectivity index (χ2v) is 25.4. The highest BCUT2D eigenvalue weighted by Crippen LogP contribution is 2.40. The number of rotatable bonds is 41. The Morgan fingerprint density at radius 2 is 0.701 bits per heavy atom. The van der Waals surface area contributed by atoms with E-state index >= 15 is 0 Å². The van der Waals surface area contributed by atoms with Crippen molar-refractivity contribution in [2.75, 3.05) is 52.9 Å². The molecule has 516 valence electrons. The van der Waals surface area contributed by atoms with Gasteiger partial charge in [-0.1, -0.05) is 55.8 Å². The summed E-state index contributed by atoms with van der Waals surface area (Å²) in [6, 6.07) is 34.2. The maximum atomic E-state index is 13.8. The van der Waals surface area contributed by atoms with Gasteiger partial charge in [0.1, 0.15) is 33.8 Å². The minimum Gasteiger partial charge on any atom is -0.494 e. The maximum absolute atomic E-state index is 13.8. The zero-order chi connectivity index (χ0) is 68.4. The van der Waals surface area contributed by atoms with Crippen LogP contribution in [0.1, 0.15) is 140 Å². The Balaban J connectivity index is 0.808. The molecule has 6 aromatic rings. The average molecular weight is 1350 g/mol. The number of unbranched alkanes of at least 4 members (excludes halogenated alkanes) is 9. The molecule has 0 bridgehead atoms. The SMILES string of the molecule is C=CC(=O)OCCCCCCOc1ccc(CCOC(=O)C2CCC(C(=O)Oc3ccc4c(c3)nc(Sc3ccc(OCCCCCCOC(=O)C=C)cc3)c3cc(OC(=O)C5CCC(C(=O)OCCc6ccc(OCCCCCCOC(=O)C=C)cc6)CC5)ccc34)CC2)cc1. The number of fused-ring (bicyclic) bond motifs is 3. The van der Waals surface area contributed by atoms with Crippen molar-refractivity contribution < 1.29 is 80.9 Å². The molecule has 0 N–H and O–H groups in total. The largest absolute Gasteiger partial charge is 0.494 e. The lowest BCUT2D eigenvalue weighted by molar-refractivity contribution is -0.152. The number of aromatic nitrogens is 1. The molecule has 2 saturated carbocycles. The summed E-state index contributed by atoms with van der Waals surface area (Å²) in [5, 5.41) is 3.05. The number of pyridine rings is 1. The molecule has 0 radical (unpaired) electrons. The Hall–Kier alpha value is -8.97. The van der Waals surface area contributed by atoms with E-state index in [-0.39, 0.29) is 54.8 Å². The third-order valence-electron chi connectivity index (χ3n) is 17.2. The summed E-state index contributed by atoms with van der Waals surface area (Å²) in [5.74, 6) is -0.864. The van der Waals surface area contributed by atoms with Crippen molar-refractivity contribution in [2.45, 2.75) is 151 Å². The van der Waals surface area contributed by atoms with E-state index < -0.39 is 23.8 Å². The normalized spacial score (nSPS) is 15.8. The van der Waals surface area contributed by atoms with Crippen molar-refractivity contribution >= 4 is 75.2 Å². The summed E-state index contributed by atoms with van der Waals surface area (Å²) < 4.78 is 56.5. The summed E-state index contributed by atoms with van der Waals surface area (Å²) in [4.78, 5) is 93.6. The van der Waals surface area contributed by atoms with Gasteiger partial charge in [-0.05, 0) is 224 Å². The van der Waals surface area contributed by atoms with Crippen LogP contribution in [0.2, 0.25) is 0 Å². The van der Waals surface area contributed by atoms with E-state index in [4.69, 9.17) is 52.4 Å². The van der Waals surface area contributed by atoms with Crippen molar-refractivity contribution in [2.24, 2.45) is 23.7 Å². The zero-order valence-corrected chi connectivity index (χ0v) is 56.4. The molecule has 0 amide bonds. The van der Waals surface area contributed by atoms with Crippen LogP contribution in [0.3, 0.4) is 0 Å². The van der Waals surface area contributed by atoms with Crippen molar-refractivity contribution in [1.29, 1.82) is 0 Å². The van der Waals surface area contributed by atoms with E-state index in [1.807, 2.05) is 91.0 Å². The lowest BCUT2D eigenvalue weighted by Gasteiger charge is -2.26. The van der Waals surface area contributed by atoms with Crippen LogP contribution in [-0.2, 0) is 70.1 Å². The fourth-order valence-electron chi connectivity index (χ4n) is 11.6. The van der Waals surface area contributed by atoms with E-state index in [0.29, 0.717) is 126 Å². The molecule has 0 aliphatic heterocycles. The number of nitrogens with zero attached hydrogens (tertiary/aromatic N) is 1. The van der Waals surface area contributed by atoms with Gasteiger partial charge in [0, 0.05) is 52.8 Å². The quantitative estimate of drug-likeness (QED) is 0.00868. The standard InChI is InChI=1S/C78H91NO17S/c1-4-71(80)90-48-16-10-7-13-45-87-61-31-19-55(20-32-61)43-51-93-75(83)57-23-27-59(28-24-57)77(85)95-64-37-41-67-68-42-38-65(54-70(68)79-74(69(67)53-64)97-66-39-35-63(36-40-66)89-47-15-9-12-18-50-92-73(82)6-3)96-78(86)60-29-25-58(26-30-60)76(84)94-52-44-56-21-33-62(34-22-56)88-46-14-8-11-17-49-91-72(81)5-2/h4-6,19-22,31-42,53-54,57-60H,1-3,7-18,23-30,43-52H2. The van der Waals surface area contributed by atoms with Crippen LogP contribution in [0.4, 0.5) is 0 Å². The van der Waals surface area contributed by atoms with E-state index in [9.17, 15) is 33.6 Å². The molecule has 5 aromatic carbocycles. The van der Waals surface area contributed by atoms with Gasteiger partial charge < -0.3 is 47.4 Å². The summed E-state index contributed by atoms with van der Waals surface area (Å²) in [5.41, 5.74) is 2.65. The van der Waals surface area contributed by atoms with Crippen LogP contribution in [0.25, 0.3) is 21.7 Å². The third-order valence-corrected chi connectivity index (χ3v) is 18.3. The minimum atomic E-state index is -0.417. The van der Waals surface area contributed by atoms with Crippen LogP contribution < -0.4 is 23.7 Å². The first-order valence-electron chi connectivity index (χ1n) is 34.2. The second kappa shape index (κ2) is 40.6. The van der Waals surface area contributed by atoms with Gasteiger partial charge in [0.05, 0.1) is 82.0 Å². The van der Waals surface area contributed by atoms with E-state index in [1.165, 1.54) is 23.9 Å². The number of esters is 7. The zero-order valence-electron chi connectivity index (χ0n) is 55.6. The fraction of sp³-hybridized carbons (Fsp3) is 0.436. The minimum absolute atomic E-state index is 0.247. The van der Waals surface area contributed by atoms with Gasteiger partial charge in [-0.2, -0.15) is 0 Å². The van der Waals surface area contributed by atoms with Crippen molar-refractivity contribution in [3.63, 3.8) is 0 Å². The Bertz CT molecular complexity index is 3550. The molecule has 18 nitrogen and oxygen atoms in total. The molecule has 2 aliphatic rings. The van der Waals surface area contributed by atoms with E-state index in [0.717, 1.165) is 133 Å². The first-order chi connectivity index (χ1) is 47.3. The molecule has 19 heteroatoms. The monoisotopic (exact) mass is 1350 g/mol. The predicted octanol–water partition coefficient (Wildman–Crippen LogP) is 15.5. The summed E-state index contributed by atoms with van der Waals surface area (Å²) >= 11 is 1.44. The van der Waals surface area contributed by atoms with Gasteiger partial charge in [-0.3, -0.25) is 19.2 Å². The van der Waals surface area contributed by atoms with Crippen molar-refractivity contribution in [3.05, 3.63) is 158 Å². The summed E-state index contributed by atoms with van der Waals surface area (Å²) in [6.45, 7) is 13.6. The van der Waals surface area contributed by atoms with Crippen LogP contribution in [0.5, 0.6) is 28.7 Å². The molecule has 1 aromatic heterocycles. The number of ether oxygens (including phenoxy) is 10. The van der Waals surface area contributed by atoms with Crippen LogP contribution in [0.15, 0.2) is 157 Å². The Labute approximate surface area is 573 Å². The number of carbonyl (C=O) groups excluding carboxylic acids is 7. The lowest BCUT2D eigenvalue weighted by atomic mass is 9.82. The first kappa shape index (κ1) is 73.8. The number of hydrogen-bond donors (Lipinski definition) is 0. The van der Waals surface area contributed by atoms with Gasteiger partial charge in [0.25, 0.3) is 0 Å². The molecule has 0 unspecified atom stereocenters.